The first-order chi connectivity index (χ1) is 11.4. The van der Waals surface area contributed by atoms with E-state index in [1.165, 1.54) is 17.0 Å². The predicted molar refractivity (Wildman–Crippen MR) is 86.1 cm³/mol. The molecule has 7 heteroatoms. The molecule has 0 aromatic heterocycles. The van der Waals surface area contributed by atoms with Gasteiger partial charge in [-0.2, -0.15) is 0 Å². The normalized spacial score (nSPS) is 17.9. The van der Waals surface area contributed by atoms with Crippen LogP contribution in [0.5, 0.6) is 0 Å². The first-order valence-electron chi connectivity index (χ1n) is 8.19. The minimum atomic E-state index is -0.666. The number of rotatable bonds is 6. The Hall–Kier alpha value is -2.02. The van der Waals surface area contributed by atoms with Crippen LogP contribution >= 0.6 is 0 Å². The largest absolute Gasteiger partial charge is 0.343 e. The zero-order chi connectivity index (χ0) is 17.7. The van der Waals surface area contributed by atoms with Gasteiger partial charge >= 0.3 is 0 Å². The summed E-state index contributed by atoms with van der Waals surface area (Å²) in [5.74, 6) is -1.63. The third kappa shape index (κ3) is 4.50. The van der Waals surface area contributed by atoms with Crippen molar-refractivity contribution >= 4 is 11.8 Å². The minimum Gasteiger partial charge on any atom is -0.343 e. The molecule has 1 heterocycles. The van der Waals surface area contributed by atoms with E-state index in [9.17, 15) is 18.4 Å². The predicted octanol–water partition coefficient (Wildman–Crippen LogP) is 1.52. The van der Waals surface area contributed by atoms with E-state index >= 15 is 0 Å². The third-order valence-corrected chi connectivity index (χ3v) is 4.17. The van der Waals surface area contributed by atoms with Crippen molar-refractivity contribution in [3.05, 3.63) is 35.4 Å². The van der Waals surface area contributed by atoms with Crippen LogP contribution in [0, 0.1) is 11.6 Å². The number of carbonyl (C=O) groups is 2. The fourth-order valence-electron chi connectivity index (χ4n) is 2.91. The van der Waals surface area contributed by atoms with Crippen molar-refractivity contribution in [2.45, 2.75) is 32.9 Å². The molecule has 24 heavy (non-hydrogen) atoms. The Labute approximate surface area is 140 Å². The number of benzene rings is 1. The van der Waals surface area contributed by atoms with Gasteiger partial charge in [-0.15, -0.1) is 0 Å². The van der Waals surface area contributed by atoms with E-state index in [0.29, 0.717) is 31.7 Å². The molecule has 2 amide bonds. The Morgan fingerprint density at radius 2 is 1.88 bits per heavy atom. The van der Waals surface area contributed by atoms with Crippen LogP contribution in [0.25, 0.3) is 0 Å². The molecule has 0 spiro atoms. The Bertz CT molecular complexity index is 585. The number of piperazine rings is 1. The van der Waals surface area contributed by atoms with Crippen LogP contribution in [0.2, 0.25) is 0 Å². The summed E-state index contributed by atoms with van der Waals surface area (Å²) in [7, 11) is 0. The molecule has 1 aliphatic heterocycles. The monoisotopic (exact) mass is 339 g/mol. The lowest BCUT2D eigenvalue weighted by Gasteiger charge is -2.34. The Morgan fingerprint density at radius 3 is 2.46 bits per heavy atom. The van der Waals surface area contributed by atoms with E-state index in [1.807, 2.05) is 13.8 Å². The highest BCUT2D eigenvalue weighted by Gasteiger charge is 2.31. The molecule has 2 rings (SSSR count). The second-order valence-corrected chi connectivity index (χ2v) is 5.81. The molecule has 0 radical (unpaired) electrons. The van der Waals surface area contributed by atoms with Gasteiger partial charge in [0.1, 0.15) is 11.6 Å². The molecule has 1 aromatic carbocycles. The standard InChI is InChI=1S/C17H23F2N3O2/c1-3-21(4-2)16(23)10-15-17(24)22(6-5-20-15)11-12-7-13(18)9-14(19)8-12/h7-9,15,20H,3-6,10-11H2,1-2H3. The number of carbonyl (C=O) groups excluding carboxylic acids is 2. The van der Waals surface area contributed by atoms with Gasteiger partial charge in [0.2, 0.25) is 11.8 Å². The van der Waals surface area contributed by atoms with Gasteiger partial charge in [0.25, 0.3) is 0 Å². The quantitative estimate of drug-likeness (QED) is 0.855. The van der Waals surface area contributed by atoms with Crippen molar-refractivity contribution in [1.82, 2.24) is 15.1 Å². The van der Waals surface area contributed by atoms with Gasteiger partial charge in [0.15, 0.2) is 0 Å². The molecule has 1 unspecified atom stereocenters. The van der Waals surface area contributed by atoms with Crippen LogP contribution in [0.4, 0.5) is 8.78 Å². The van der Waals surface area contributed by atoms with Crippen LogP contribution in [0.15, 0.2) is 18.2 Å². The molecule has 132 valence electrons. The highest BCUT2D eigenvalue weighted by molar-refractivity contribution is 5.89. The number of nitrogens with one attached hydrogen (secondary N) is 1. The van der Waals surface area contributed by atoms with Crippen molar-refractivity contribution in [2.24, 2.45) is 0 Å². The summed E-state index contributed by atoms with van der Waals surface area (Å²) < 4.78 is 26.6. The van der Waals surface area contributed by atoms with Crippen LogP contribution < -0.4 is 5.32 Å². The average molecular weight is 339 g/mol. The molecule has 5 nitrogen and oxygen atoms in total. The highest BCUT2D eigenvalue weighted by Crippen LogP contribution is 2.14. The molecule has 0 saturated carbocycles. The van der Waals surface area contributed by atoms with Crippen LogP contribution in [-0.4, -0.2) is 53.8 Å². The number of amides is 2. The van der Waals surface area contributed by atoms with Crippen LogP contribution in [0.3, 0.4) is 0 Å². The molecule has 1 aliphatic rings. The lowest BCUT2D eigenvalue weighted by atomic mass is 10.1. The van der Waals surface area contributed by atoms with Gasteiger partial charge in [-0.05, 0) is 31.5 Å². The lowest BCUT2D eigenvalue weighted by Crippen LogP contribution is -2.56. The van der Waals surface area contributed by atoms with Gasteiger partial charge < -0.3 is 15.1 Å². The van der Waals surface area contributed by atoms with Gasteiger partial charge in [-0.25, -0.2) is 8.78 Å². The van der Waals surface area contributed by atoms with Crippen molar-refractivity contribution < 1.29 is 18.4 Å². The summed E-state index contributed by atoms with van der Waals surface area (Å²) in [5, 5.41) is 3.05. The van der Waals surface area contributed by atoms with Gasteiger partial charge in [-0.3, -0.25) is 9.59 Å². The summed E-state index contributed by atoms with van der Waals surface area (Å²) in [5.41, 5.74) is 0.400. The Kier molecular flexibility index (Phi) is 6.25. The second-order valence-electron chi connectivity index (χ2n) is 5.81. The fraction of sp³-hybridized carbons (Fsp3) is 0.529. The SMILES string of the molecule is CCN(CC)C(=O)CC1NCCN(Cc2cc(F)cc(F)c2)C1=O. The average Bonchev–Trinajstić information content (AvgIpc) is 2.51. The molecule has 1 aromatic rings. The first-order valence-corrected chi connectivity index (χ1v) is 8.19. The van der Waals surface area contributed by atoms with E-state index < -0.39 is 17.7 Å². The molecule has 1 N–H and O–H groups in total. The topological polar surface area (TPSA) is 52.7 Å². The minimum absolute atomic E-state index is 0.0792. The van der Waals surface area contributed by atoms with Gasteiger partial charge in [0, 0.05) is 38.8 Å². The Balaban J connectivity index is 2.02. The molecule has 0 bridgehead atoms. The third-order valence-electron chi connectivity index (χ3n) is 4.17. The van der Waals surface area contributed by atoms with E-state index in [2.05, 4.69) is 5.32 Å². The molecular weight excluding hydrogens is 316 g/mol. The smallest absolute Gasteiger partial charge is 0.240 e. The molecule has 1 atom stereocenters. The number of hydrogen-bond donors (Lipinski definition) is 1. The zero-order valence-corrected chi connectivity index (χ0v) is 14.0. The van der Waals surface area contributed by atoms with Crippen molar-refractivity contribution in [1.29, 1.82) is 0 Å². The maximum atomic E-state index is 13.3. The maximum absolute atomic E-state index is 13.3. The van der Waals surface area contributed by atoms with E-state index in [-0.39, 0.29) is 24.8 Å². The zero-order valence-electron chi connectivity index (χ0n) is 14.0. The van der Waals surface area contributed by atoms with E-state index in [0.717, 1.165) is 6.07 Å². The second kappa shape index (κ2) is 8.19. The molecular formula is C17H23F2N3O2. The highest BCUT2D eigenvalue weighted by atomic mass is 19.1. The van der Waals surface area contributed by atoms with Gasteiger partial charge in [-0.1, -0.05) is 0 Å². The van der Waals surface area contributed by atoms with Crippen LogP contribution in [-0.2, 0) is 16.1 Å². The van der Waals surface area contributed by atoms with Crippen molar-refractivity contribution in [2.75, 3.05) is 26.2 Å². The van der Waals surface area contributed by atoms with Crippen molar-refractivity contribution in [3.63, 3.8) is 0 Å². The number of halogens is 2. The summed E-state index contributed by atoms with van der Waals surface area (Å²) in [4.78, 5) is 27.9. The van der Waals surface area contributed by atoms with Crippen molar-refractivity contribution in [3.8, 4) is 0 Å². The summed E-state index contributed by atoms with van der Waals surface area (Å²) in [6.45, 7) is 6.09. The summed E-state index contributed by atoms with van der Waals surface area (Å²) in [6, 6.07) is 2.64. The molecule has 0 aliphatic carbocycles. The van der Waals surface area contributed by atoms with E-state index in [1.54, 1.807) is 4.90 Å². The van der Waals surface area contributed by atoms with E-state index in [4.69, 9.17) is 0 Å². The molecule has 1 saturated heterocycles. The van der Waals surface area contributed by atoms with Crippen LogP contribution in [0.1, 0.15) is 25.8 Å². The number of hydrogen-bond acceptors (Lipinski definition) is 3. The summed E-state index contributed by atoms with van der Waals surface area (Å²) in [6.07, 6.45) is 0.0918. The van der Waals surface area contributed by atoms with Gasteiger partial charge in [0.05, 0.1) is 12.5 Å². The summed E-state index contributed by atoms with van der Waals surface area (Å²) >= 11 is 0. The Morgan fingerprint density at radius 1 is 1.25 bits per heavy atom. The maximum Gasteiger partial charge on any atom is 0.240 e. The molecule has 1 fully saturated rings. The first kappa shape index (κ1) is 18.3. The number of nitrogens with zero attached hydrogens (tertiary/aromatic N) is 2. The fourth-order valence-corrected chi connectivity index (χ4v) is 2.91. The lowest BCUT2D eigenvalue weighted by molar-refractivity contribution is -0.141.